The largest absolute Gasteiger partial charge is 0.444 e. The second kappa shape index (κ2) is 6.95. The van der Waals surface area contributed by atoms with Crippen LogP contribution in [0.4, 0.5) is 4.79 Å². The molecule has 2 aromatic heterocycles. The summed E-state index contributed by atoms with van der Waals surface area (Å²) in [5, 5.41) is 0.372. The van der Waals surface area contributed by atoms with Crippen LogP contribution in [0.1, 0.15) is 33.6 Å². The highest BCUT2D eigenvalue weighted by atomic mass is 35.5. The maximum Gasteiger partial charge on any atom is 0.410 e. The van der Waals surface area contributed by atoms with Gasteiger partial charge in [0.15, 0.2) is 0 Å². The standard InChI is InChI=1S/C18H25ClN4O3/c1-18(2,3)26-17(25)22-7-5-12(6-8-22)11-23-13-9-15(19)20-10-14(13)21(4)16(23)24/h9-10,12H,5-8,11H2,1-4H3. The van der Waals surface area contributed by atoms with E-state index in [1.807, 2.05) is 20.8 Å². The molecule has 0 radical (unpaired) electrons. The van der Waals surface area contributed by atoms with Gasteiger partial charge in [-0.25, -0.2) is 14.6 Å². The average Bonchev–Trinajstić information content (AvgIpc) is 2.78. The number of ether oxygens (including phenoxy) is 1. The van der Waals surface area contributed by atoms with Crippen LogP contribution in [0.15, 0.2) is 17.1 Å². The van der Waals surface area contributed by atoms with E-state index in [1.165, 1.54) is 0 Å². The number of fused-ring (bicyclic) bond motifs is 1. The van der Waals surface area contributed by atoms with Crippen LogP contribution in [0.2, 0.25) is 5.15 Å². The molecule has 1 aliphatic heterocycles. The molecule has 0 N–H and O–H groups in total. The van der Waals surface area contributed by atoms with Crippen LogP contribution in [0.25, 0.3) is 11.0 Å². The summed E-state index contributed by atoms with van der Waals surface area (Å²) >= 11 is 6.01. The van der Waals surface area contributed by atoms with Crippen LogP contribution in [0.5, 0.6) is 0 Å². The number of halogens is 1. The van der Waals surface area contributed by atoms with Gasteiger partial charge in [0.1, 0.15) is 10.8 Å². The molecule has 142 valence electrons. The maximum absolute atomic E-state index is 12.6. The average molecular weight is 381 g/mol. The van der Waals surface area contributed by atoms with Crippen molar-refractivity contribution in [2.24, 2.45) is 13.0 Å². The van der Waals surface area contributed by atoms with Crippen LogP contribution in [-0.4, -0.2) is 43.8 Å². The van der Waals surface area contributed by atoms with Gasteiger partial charge in [0.2, 0.25) is 0 Å². The third-order valence-electron chi connectivity index (χ3n) is 4.71. The molecule has 1 fully saturated rings. The van der Waals surface area contributed by atoms with E-state index in [1.54, 1.807) is 33.3 Å². The first-order valence-corrected chi connectivity index (χ1v) is 9.22. The third-order valence-corrected chi connectivity index (χ3v) is 4.91. The Morgan fingerprint density at radius 3 is 2.58 bits per heavy atom. The van der Waals surface area contributed by atoms with Crippen molar-refractivity contribution < 1.29 is 9.53 Å². The van der Waals surface area contributed by atoms with E-state index in [0.29, 0.717) is 30.7 Å². The molecule has 0 bridgehead atoms. The molecule has 0 spiro atoms. The third kappa shape index (κ3) is 3.87. The van der Waals surface area contributed by atoms with Gasteiger partial charge in [-0.2, -0.15) is 0 Å². The zero-order valence-corrected chi connectivity index (χ0v) is 16.4. The molecule has 1 saturated heterocycles. The summed E-state index contributed by atoms with van der Waals surface area (Å²) in [4.78, 5) is 30.6. The number of carbonyl (C=O) groups excluding carboxylic acids is 1. The van der Waals surface area contributed by atoms with Crippen molar-refractivity contribution in [3.8, 4) is 0 Å². The number of aryl methyl sites for hydroxylation is 1. The number of nitrogens with zero attached hydrogens (tertiary/aromatic N) is 4. The first-order chi connectivity index (χ1) is 12.2. The Labute approximate surface area is 157 Å². The maximum atomic E-state index is 12.6. The van der Waals surface area contributed by atoms with Gasteiger partial charge < -0.3 is 9.64 Å². The molecule has 2 aromatic rings. The Morgan fingerprint density at radius 1 is 1.31 bits per heavy atom. The highest BCUT2D eigenvalue weighted by Crippen LogP contribution is 2.23. The number of rotatable bonds is 2. The predicted octanol–water partition coefficient (Wildman–Crippen LogP) is 3.04. The van der Waals surface area contributed by atoms with Gasteiger partial charge in [-0.05, 0) is 39.5 Å². The minimum absolute atomic E-state index is 0.0707. The minimum atomic E-state index is -0.489. The summed E-state index contributed by atoms with van der Waals surface area (Å²) in [7, 11) is 1.74. The quantitative estimate of drug-likeness (QED) is 0.751. The zero-order valence-electron chi connectivity index (χ0n) is 15.7. The van der Waals surface area contributed by atoms with Crippen LogP contribution < -0.4 is 5.69 Å². The molecule has 1 aliphatic rings. The molecule has 7 nitrogen and oxygen atoms in total. The number of hydrogen-bond donors (Lipinski definition) is 0. The van der Waals surface area contributed by atoms with Gasteiger partial charge in [0, 0.05) is 32.7 Å². The van der Waals surface area contributed by atoms with E-state index in [9.17, 15) is 9.59 Å². The monoisotopic (exact) mass is 380 g/mol. The van der Waals surface area contributed by atoms with E-state index in [2.05, 4.69) is 4.98 Å². The fraction of sp³-hybridized carbons (Fsp3) is 0.611. The van der Waals surface area contributed by atoms with Gasteiger partial charge >= 0.3 is 11.8 Å². The molecule has 0 saturated carbocycles. The normalized spacial score (nSPS) is 16.3. The number of likely N-dealkylation sites (tertiary alicyclic amines) is 1. The summed E-state index contributed by atoms with van der Waals surface area (Å²) in [5.74, 6) is 0.323. The summed E-state index contributed by atoms with van der Waals surface area (Å²) in [6.07, 6.45) is 3.03. The predicted molar refractivity (Wildman–Crippen MR) is 101 cm³/mol. The summed E-state index contributed by atoms with van der Waals surface area (Å²) in [6, 6.07) is 1.73. The lowest BCUT2D eigenvalue weighted by atomic mass is 9.97. The fourth-order valence-electron chi connectivity index (χ4n) is 3.33. The molecule has 8 heteroatoms. The number of hydrogen-bond acceptors (Lipinski definition) is 4. The molecule has 0 unspecified atom stereocenters. The van der Waals surface area contributed by atoms with Crippen molar-refractivity contribution in [2.45, 2.75) is 45.8 Å². The number of piperidine rings is 1. The summed E-state index contributed by atoms with van der Waals surface area (Å²) < 4.78 is 8.78. The van der Waals surface area contributed by atoms with Crippen molar-refractivity contribution in [2.75, 3.05) is 13.1 Å². The molecule has 0 aliphatic carbocycles. The Kier molecular flexibility index (Phi) is 5.01. The van der Waals surface area contributed by atoms with Gasteiger partial charge in [0.25, 0.3) is 0 Å². The molecular weight excluding hydrogens is 356 g/mol. The highest BCUT2D eigenvalue weighted by molar-refractivity contribution is 6.29. The number of carbonyl (C=O) groups is 1. The van der Waals surface area contributed by atoms with Crippen molar-refractivity contribution in [1.82, 2.24) is 19.0 Å². The Hall–Kier alpha value is -2.02. The van der Waals surface area contributed by atoms with E-state index < -0.39 is 5.60 Å². The molecule has 0 atom stereocenters. The van der Waals surface area contributed by atoms with Crippen molar-refractivity contribution >= 4 is 28.7 Å². The molecule has 1 amide bonds. The topological polar surface area (TPSA) is 69.4 Å². The van der Waals surface area contributed by atoms with E-state index in [-0.39, 0.29) is 11.8 Å². The number of imidazole rings is 1. The van der Waals surface area contributed by atoms with Crippen molar-refractivity contribution in [3.05, 3.63) is 27.9 Å². The fourth-order valence-corrected chi connectivity index (χ4v) is 3.49. The lowest BCUT2D eigenvalue weighted by Crippen LogP contribution is -2.42. The highest BCUT2D eigenvalue weighted by Gasteiger charge is 2.27. The van der Waals surface area contributed by atoms with Gasteiger partial charge in [-0.3, -0.25) is 9.13 Å². The molecule has 3 heterocycles. The van der Waals surface area contributed by atoms with Crippen LogP contribution in [0, 0.1) is 5.92 Å². The van der Waals surface area contributed by atoms with Gasteiger partial charge in [-0.1, -0.05) is 11.6 Å². The zero-order chi connectivity index (χ0) is 19.1. The Bertz CT molecular complexity index is 873. The minimum Gasteiger partial charge on any atom is -0.444 e. The lowest BCUT2D eigenvalue weighted by molar-refractivity contribution is 0.0178. The van der Waals surface area contributed by atoms with E-state index in [0.717, 1.165) is 23.9 Å². The van der Waals surface area contributed by atoms with E-state index in [4.69, 9.17) is 16.3 Å². The van der Waals surface area contributed by atoms with Crippen molar-refractivity contribution in [1.29, 1.82) is 0 Å². The second-order valence-corrected chi connectivity index (χ2v) is 8.25. The Balaban J connectivity index is 1.70. The molecule has 3 rings (SSSR count). The SMILES string of the molecule is Cn1c(=O)n(CC2CCN(C(=O)OC(C)(C)C)CC2)c2cc(Cl)ncc21. The summed E-state index contributed by atoms with van der Waals surface area (Å²) in [5.41, 5.74) is 1.01. The molecular formula is C18H25ClN4O3. The first kappa shape index (κ1) is 18.8. The Morgan fingerprint density at radius 2 is 1.96 bits per heavy atom. The second-order valence-electron chi connectivity index (χ2n) is 7.86. The van der Waals surface area contributed by atoms with Crippen LogP contribution in [0.3, 0.4) is 0 Å². The van der Waals surface area contributed by atoms with E-state index >= 15 is 0 Å². The number of pyridine rings is 1. The first-order valence-electron chi connectivity index (χ1n) is 8.84. The van der Waals surface area contributed by atoms with Crippen LogP contribution >= 0.6 is 11.6 Å². The van der Waals surface area contributed by atoms with Crippen LogP contribution in [-0.2, 0) is 18.3 Å². The van der Waals surface area contributed by atoms with Gasteiger partial charge in [0.05, 0.1) is 17.2 Å². The smallest absolute Gasteiger partial charge is 0.410 e. The van der Waals surface area contributed by atoms with Gasteiger partial charge in [-0.15, -0.1) is 0 Å². The molecule has 0 aromatic carbocycles. The number of aromatic nitrogens is 3. The summed E-state index contributed by atoms with van der Waals surface area (Å²) in [6.45, 7) is 7.49. The lowest BCUT2D eigenvalue weighted by Gasteiger charge is -2.33. The van der Waals surface area contributed by atoms with Crippen molar-refractivity contribution in [3.63, 3.8) is 0 Å². The number of amides is 1. The molecule has 26 heavy (non-hydrogen) atoms.